The molecule has 4 rings (SSSR count). The zero-order valence-electron chi connectivity index (χ0n) is 18.4. The molecule has 0 aromatic rings. The van der Waals surface area contributed by atoms with Crippen LogP contribution >= 0.6 is 0 Å². The third kappa shape index (κ3) is 2.13. The van der Waals surface area contributed by atoms with Crippen LogP contribution in [0.15, 0.2) is 0 Å². The van der Waals surface area contributed by atoms with Gasteiger partial charge in [0.05, 0.1) is 6.10 Å². The van der Waals surface area contributed by atoms with Gasteiger partial charge in [-0.25, -0.2) is 0 Å². The Morgan fingerprint density at radius 3 is 2.04 bits per heavy atom. The van der Waals surface area contributed by atoms with Crippen LogP contribution in [-0.2, 0) is 0 Å². The van der Waals surface area contributed by atoms with Crippen LogP contribution in [0.3, 0.4) is 0 Å². The van der Waals surface area contributed by atoms with Crippen LogP contribution in [0.25, 0.3) is 0 Å². The standard InChI is InChI=1S/C25H44O/c1-7-25(8-2)16-15-24(6)21(25)10-9-20-22(4)13-12-19(26)17(3)18(22)11-14-23(20,24)5/h17-21,26H,7-16H2,1-6H3/t17-,18?,19+,20?,21+,22+,23?,24-/m1/s1. The molecule has 4 fully saturated rings. The maximum atomic E-state index is 10.5. The summed E-state index contributed by atoms with van der Waals surface area (Å²) in [6.07, 6.45) is 13.6. The van der Waals surface area contributed by atoms with E-state index in [1.807, 2.05) is 0 Å². The van der Waals surface area contributed by atoms with Gasteiger partial charge < -0.3 is 5.11 Å². The first-order chi connectivity index (χ1) is 12.2. The molecule has 0 saturated heterocycles. The minimum Gasteiger partial charge on any atom is -0.393 e. The van der Waals surface area contributed by atoms with Gasteiger partial charge in [-0.2, -0.15) is 0 Å². The Hall–Kier alpha value is -0.0400. The fourth-order valence-corrected chi connectivity index (χ4v) is 9.76. The van der Waals surface area contributed by atoms with E-state index >= 15 is 0 Å². The van der Waals surface area contributed by atoms with E-state index in [1.165, 1.54) is 57.8 Å². The predicted molar refractivity (Wildman–Crippen MR) is 110 cm³/mol. The Morgan fingerprint density at radius 2 is 1.38 bits per heavy atom. The van der Waals surface area contributed by atoms with Crippen molar-refractivity contribution in [2.45, 2.75) is 112 Å². The van der Waals surface area contributed by atoms with E-state index < -0.39 is 0 Å². The van der Waals surface area contributed by atoms with Gasteiger partial charge in [0.25, 0.3) is 0 Å². The SMILES string of the molecule is CCC1(CC)CC[C@]2(C)[C@@H]1CCC1C2(C)CCC2[C@@H](C)[C@@H](O)CC[C@@]21C. The highest BCUT2D eigenvalue weighted by molar-refractivity contribution is 5.17. The first kappa shape index (κ1) is 19.3. The quantitative estimate of drug-likeness (QED) is 0.572. The molecule has 26 heavy (non-hydrogen) atoms. The van der Waals surface area contributed by atoms with E-state index in [9.17, 15) is 5.11 Å². The summed E-state index contributed by atoms with van der Waals surface area (Å²) in [5.74, 6) is 3.05. The van der Waals surface area contributed by atoms with E-state index in [2.05, 4.69) is 41.5 Å². The average Bonchev–Trinajstić information content (AvgIpc) is 2.93. The molecule has 0 aliphatic heterocycles. The summed E-state index contributed by atoms with van der Waals surface area (Å²) in [7, 11) is 0. The van der Waals surface area contributed by atoms with Crippen molar-refractivity contribution in [3.05, 3.63) is 0 Å². The van der Waals surface area contributed by atoms with Crippen LogP contribution in [0.1, 0.15) is 106 Å². The lowest BCUT2D eigenvalue weighted by Gasteiger charge is -2.68. The molecule has 0 amide bonds. The van der Waals surface area contributed by atoms with E-state index in [4.69, 9.17) is 0 Å². The summed E-state index contributed by atoms with van der Waals surface area (Å²) >= 11 is 0. The van der Waals surface area contributed by atoms with E-state index in [0.717, 1.165) is 24.2 Å². The molecule has 0 radical (unpaired) electrons. The molecular weight excluding hydrogens is 316 g/mol. The van der Waals surface area contributed by atoms with E-state index in [-0.39, 0.29) is 6.10 Å². The Balaban J connectivity index is 1.72. The second-order valence-corrected chi connectivity index (χ2v) is 11.7. The van der Waals surface area contributed by atoms with Gasteiger partial charge in [-0.15, -0.1) is 0 Å². The number of aliphatic hydroxyl groups excluding tert-OH is 1. The van der Waals surface area contributed by atoms with E-state index in [1.54, 1.807) is 0 Å². The molecule has 8 atom stereocenters. The lowest BCUT2D eigenvalue weighted by molar-refractivity contribution is -0.207. The van der Waals surface area contributed by atoms with Crippen LogP contribution in [0.4, 0.5) is 0 Å². The van der Waals surface area contributed by atoms with Crippen LogP contribution in [0.2, 0.25) is 0 Å². The predicted octanol–water partition coefficient (Wildman–Crippen LogP) is 6.83. The molecule has 4 aliphatic rings. The second-order valence-electron chi connectivity index (χ2n) is 11.7. The minimum absolute atomic E-state index is 0.0522. The summed E-state index contributed by atoms with van der Waals surface area (Å²) in [6, 6.07) is 0. The Bertz CT molecular complexity index is 550. The molecule has 1 heteroatoms. The van der Waals surface area contributed by atoms with Gasteiger partial charge in [0, 0.05) is 0 Å². The number of fused-ring (bicyclic) bond motifs is 5. The Kier molecular flexibility index (Phi) is 4.43. The van der Waals surface area contributed by atoms with Crippen molar-refractivity contribution in [3.8, 4) is 0 Å². The van der Waals surface area contributed by atoms with Crippen molar-refractivity contribution < 1.29 is 5.11 Å². The van der Waals surface area contributed by atoms with Crippen molar-refractivity contribution in [2.75, 3.05) is 0 Å². The number of aliphatic hydroxyl groups is 1. The number of hydrogen-bond donors (Lipinski definition) is 1. The van der Waals surface area contributed by atoms with Crippen molar-refractivity contribution in [2.24, 2.45) is 45.3 Å². The fourth-order valence-electron chi connectivity index (χ4n) is 9.76. The highest BCUT2D eigenvalue weighted by atomic mass is 16.3. The molecule has 0 bridgehead atoms. The average molecular weight is 361 g/mol. The van der Waals surface area contributed by atoms with E-state index in [0.29, 0.717) is 27.6 Å². The first-order valence-electron chi connectivity index (χ1n) is 11.9. The molecule has 1 nitrogen and oxygen atoms in total. The van der Waals surface area contributed by atoms with Gasteiger partial charge in [0.1, 0.15) is 0 Å². The van der Waals surface area contributed by atoms with Gasteiger partial charge >= 0.3 is 0 Å². The van der Waals surface area contributed by atoms with Crippen LogP contribution in [0, 0.1) is 45.3 Å². The maximum absolute atomic E-state index is 10.5. The fraction of sp³-hybridized carbons (Fsp3) is 1.00. The molecule has 0 heterocycles. The molecular formula is C25H44O. The highest BCUT2D eigenvalue weighted by Gasteiger charge is 2.68. The van der Waals surface area contributed by atoms with Gasteiger partial charge in [0.2, 0.25) is 0 Å². The lowest BCUT2D eigenvalue weighted by Crippen LogP contribution is -2.62. The molecule has 0 spiro atoms. The number of hydrogen-bond acceptors (Lipinski definition) is 1. The number of rotatable bonds is 2. The zero-order chi connectivity index (χ0) is 19.0. The topological polar surface area (TPSA) is 20.2 Å². The molecule has 0 aromatic carbocycles. The first-order valence-corrected chi connectivity index (χ1v) is 11.9. The van der Waals surface area contributed by atoms with Crippen molar-refractivity contribution in [1.82, 2.24) is 0 Å². The molecule has 0 aromatic heterocycles. The van der Waals surface area contributed by atoms with Crippen LogP contribution in [-0.4, -0.2) is 11.2 Å². The van der Waals surface area contributed by atoms with Crippen molar-refractivity contribution in [3.63, 3.8) is 0 Å². The Labute approximate surface area is 162 Å². The lowest BCUT2D eigenvalue weighted by atomic mass is 9.36. The normalized spacial score (nSPS) is 55.7. The molecule has 150 valence electrons. The summed E-state index contributed by atoms with van der Waals surface area (Å²) < 4.78 is 0. The van der Waals surface area contributed by atoms with Gasteiger partial charge in [-0.3, -0.25) is 0 Å². The van der Waals surface area contributed by atoms with Crippen LogP contribution in [0.5, 0.6) is 0 Å². The monoisotopic (exact) mass is 360 g/mol. The minimum atomic E-state index is -0.0522. The van der Waals surface area contributed by atoms with Crippen LogP contribution < -0.4 is 0 Å². The second kappa shape index (κ2) is 5.98. The summed E-state index contributed by atoms with van der Waals surface area (Å²) in [6.45, 7) is 15.3. The van der Waals surface area contributed by atoms with Gasteiger partial charge in [0.15, 0.2) is 0 Å². The highest BCUT2D eigenvalue weighted by Crippen LogP contribution is 2.76. The zero-order valence-corrected chi connectivity index (χ0v) is 18.4. The molecule has 4 saturated carbocycles. The van der Waals surface area contributed by atoms with Crippen molar-refractivity contribution >= 4 is 0 Å². The maximum Gasteiger partial charge on any atom is 0.0568 e. The summed E-state index contributed by atoms with van der Waals surface area (Å²) in [5, 5.41) is 10.5. The Morgan fingerprint density at radius 1 is 0.769 bits per heavy atom. The van der Waals surface area contributed by atoms with Crippen molar-refractivity contribution in [1.29, 1.82) is 0 Å². The molecule has 1 N–H and O–H groups in total. The van der Waals surface area contributed by atoms with Gasteiger partial charge in [-0.05, 0) is 96.7 Å². The largest absolute Gasteiger partial charge is 0.393 e. The molecule has 4 aliphatic carbocycles. The summed E-state index contributed by atoms with van der Waals surface area (Å²) in [4.78, 5) is 0. The smallest absolute Gasteiger partial charge is 0.0568 e. The van der Waals surface area contributed by atoms with Gasteiger partial charge in [-0.1, -0.05) is 54.4 Å². The summed E-state index contributed by atoms with van der Waals surface area (Å²) in [5.41, 5.74) is 2.13. The molecule has 3 unspecified atom stereocenters. The third-order valence-electron chi connectivity index (χ3n) is 11.7. The third-order valence-corrected chi connectivity index (χ3v) is 11.7.